The van der Waals surface area contributed by atoms with Crippen LogP contribution < -0.4 is 0 Å². The fraction of sp³-hybridized carbons (Fsp3) is 0.462. The zero-order valence-corrected chi connectivity index (χ0v) is 11.7. The molecule has 0 saturated heterocycles. The number of rotatable bonds is 6. The van der Waals surface area contributed by atoms with E-state index in [9.17, 15) is 14.3 Å². The van der Waals surface area contributed by atoms with Crippen LogP contribution in [0.3, 0.4) is 0 Å². The van der Waals surface area contributed by atoms with Gasteiger partial charge in [-0.25, -0.2) is 4.39 Å². The average molecular weight is 319 g/mol. The summed E-state index contributed by atoms with van der Waals surface area (Å²) in [6.07, 6.45) is 0.520. The second kappa shape index (κ2) is 6.85. The van der Waals surface area contributed by atoms with Gasteiger partial charge >= 0.3 is 5.97 Å². The Morgan fingerprint density at radius 3 is 2.72 bits per heavy atom. The maximum absolute atomic E-state index is 13.6. The quantitative estimate of drug-likeness (QED) is 0.843. The summed E-state index contributed by atoms with van der Waals surface area (Å²) in [6, 6.07) is 4.14. The molecule has 0 heterocycles. The summed E-state index contributed by atoms with van der Waals surface area (Å²) in [4.78, 5) is 11.1. The van der Waals surface area contributed by atoms with Gasteiger partial charge in [-0.15, -0.1) is 0 Å². The monoisotopic (exact) mass is 318 g/mol. The van der Waals surface area contributed by atoms with Gasteiger partial charge in [-0.2, -0.15) is 0 Å². The highest BCUT2D eigenvalue weighted by Gasteiger charge is 2.29. The number of carboxylic acids is 1. The number of aliphatic hydroxyl groups excluding tert-OH is 1. The number of carboxylic acid groups (broad SMARTS) is 1. The number of hydrogen-bond donors (Lipinski definition) is 2. The molecule has 100 valence electrons. The van der Waals surface area contributed by atoms with E-state index in [4.69, 9.17) is 5.11 Å². The van der Waals surface area contributed by atoms with Gasteiger partial charge in [0.05, 0.1) is 12.0 Å². The molecule has 5 heteroatoms. The highest BCUT2D eigenvalue weighted by atomic mass is 79.9. The van der Waals surface area contributed by atoms with Crippen molar-refractivity contribution in [2.75, 3.05) is 0 Å². The van der Waals surface area contributed by atoms with Gasteiger partial charge in [-0.1, -0.05) is 35.7 Å². The first-order valence-electron chi connectivity index (χ1n) is 5.83. The van der Waals surface area contributed by atoms with Gasteiger partial charge in [0, 0.05) is 10.0 Å². The van der Waals surface area contributed by atoms with Gasteiger partial charge in [0.25, 0.3) is 0 Å². The summed E-state index contributed by atoms with van der Waals surface area (Å²) < 4.78 is 14.2. The molecule has 0 aliphatic heterocycles. The Morgan fingerprint density at radius 2 is 2.17 bits per heavy atom. The van der Waals surface area contributed by atoms with Crippen molar-refractivity contribution in [1.82, 2.24) is 0 Å². The van der Waals surface area contributed by atoms with Gasteiger partial charge in [-0.05, 0) is 24.6 Å². The third-order valence-corrected chi connectivity index (χ3v) is 3.34. The minimum Gasteiger partial charge on any atom is -0.481 e. The largest absolute Gasteiger partial charge is 0.481 e. The first-order chi connectivity index (χ1) is 8.47. The van der Waals surface area contributed by atoms with E-state index in [1.165, 1.54) is 18.2 Å². The van der Waals surface area contributed by atoms with Crippen LogP contribution in [0.1, 0.15) is 37.9 Å². The molecule has 3 nitrogen and oxygen atoms in total. The fourth-order valence-corrected chi connectivity index (χ4v) is 2.18. The van der Waals surface area contributed by atoms with E-state index in [-0.39, 0.29) is 5.56 Å². The molecule has 0 fully saturated rings. The average Bonchev–Trinajstić information content (AvgIpc) is 2.32. The zero-order chi connectivity index (χ0) is 13.7. The number of unbranched alkanes of at least 4 members (excludes halogenated alkanes) is 1. The number of halogens is 2. The minimum atomic E-state index is -1.33. The highest BCUT2D eigenvalue weighted by molar-refractivity contribution is 9.10. The molecule has 0 aliphatic rings. The van der Waals surface area contributed by atoms with Crippen LogP contribution in [0.25, 0.3) is 0 Å². The third kappa shape index (κ3) is 3.78. The lowest BCUT2D eigenvalue weighted by molar-refractivity contribution is -0.146. The van der Waals surface area contributed by atoms with Crippen LogP contribution in [0.5, 0.6) is 0 Å². The van der Waals surface area contributed by atoms with E-state index in [1.54, 1.807) is 0 Å². The normalized spacial score (nSPS) is 14.2. The van der Waals surface area contributed by atoms with Crippen LogP contribution in [0, 0.1) is 11.7 Å². The van der Waals surface area contributed by atoms with Crippen LogP contribution >= 0.6 is 15.9 Å². The maximum atomic E-state index is 13.6. The highest BCUT2D eigenvalue weighted by Crippen LogP contribution is 2.30. The molecule has 0 spiro atoms. The SMILES string of the molecule is CCCCC(C(=O)O)C(O)c1cc(Br)ccc1F. The molecular formula is C13H16BrFO3. The Hall–Kier alpha value is -0.940. The van der Waals surface area contributed by atoms with Gasteiger partial charge in [0.1, 0.15) is 5.82 Å². The van der Waals surface area contributed by atoms with Crippen LogP contribution in [0.4, 0.5) is 4.39 Å². The van der Waals surface area contributed by atoms with Crippen molar-refractivity contribution in [3.8, 4) is 0 Å². The fourth-order valence-electron chi connectivity index (χ4n) is 1.80. The predicted octanol–water partition coefficient (Wildman–Crippen LogP) is 3.51. The van der Waals surface area contributed by atoms with E-state index in [1.807, 2.05) is 6.92 Å². The van der Waals surface area contributed by atoms with Crippen molar-refractivity contribution >= 4 is 21.9 Å². The van der Waals surface area contributed by atoms with Crippen LogP contribution in [-0.2, 0) is 4.79 Å². The summed E-state index contributed by atoms with van der Waals surface area (Å²) >= 11 is 3.18. The van der Waals surface area contributed by atoms with Crippen LogP contribution in [0.15, 0.2) is 22.7 Å². The summed E-state index contributed by atoms with van der Waals surface area (Å²) in [5.74, 6) is -2.67. The van der Waals surface area contributed by atoms with Crippen molar-refractivity contribution in [3.63, 3.8) is 0 Å². The van der Waals surface area contributed by atoms with Crippen LogP contribution in [0.2, 0.25) is 0 Å². The van der Waals surface area contributed by atoms with E-state index in [0.29, 0.717) is 17.3 Å². The van der Waals surface area contributed by atoms with E-state index in [2.05, 4.69) is 15.9 Å². The molecular weight excluding hydrogens is 303 g/mol. The van der Waals surface area contributed by atoms with E-state index < -0.39 is 23.8 Å². The molecule has 2 unspecified atom stereocenters. The smallest absolute Gasteiger partial charge is 0.309 e. The van der Waals surface area contributed by atoms with Gasteiger partial charge in [0.15, 0.2) is 0 Å². The Labute approximate surface area is 114 Å². The Morgan fingerprint density at radius 1 is 1.50 bits per heavy atom. The zero-order valence-electron chi connectivity index (χ0n) is 10.1. The van der Waals surface area contributed by atoms with Gasteiger partial charge in [-0.3, -0.25) is 4.79 Å². The molecule has 0 aromatic heterocycles. The summed E-state index contributed by atoms with van der Waals surface area (Å²) in [6.45, 7) is 1.94. The van der Waals surface area contributed by atoms with Gasteiger partial charge < -0.3 is 10.2 Å². The van der Waals surface area contributed by atoms with Crippen molar-refractivity contribution in [3.05, 3.63) is 34.1 Å². The second-order valence-corrected chi connectivity index (χ2v) is 5.11. The van der Waals surface area contributed by atoms with E-state index >= 15 is 0 Å². The predicted molar refractivity (Wildman–Crippen MR) is 69.7 cm³/mol. The summed E-state index contributed by atoms with van der Waals surface area (Å²) in [5, 5.41) is 19.1. The molecule has 0 bridgehead atoms. The Kier molecular flexibility index (Phi) is 5.75. The number of aliphatic carboxylic acids is 1. The van der Waals surface area contributed by atoms with Crippen molar-refractivity contribution in [2.24, 2.45) is 5.92 Å². The molecule has 2 atom stereocenters. The van der Waals surface area contributed by atoms with E-state index in [0.717, 1.165) is 6.42 Å². The Balaban J connectivity index is 2.97. The van der Waals surface area contributed by atoms with Crippen molar-refractivity contribution in [2.45, 2.75) is 32.3 Å². The molecule has 1 aromatic carbocycles. The summed E-state index contributed by atoms with van der Waals surface area (Å²) in [7, 11) is 0. The van der Waals surface area contributed by atoms with Crippen LogP contribution in [-0.4, -0.2) is 16.2 Å². The molecule has 0 aliphatic carbocycles. The van der Waals surface area contributed by atoms with Crippen molar-refractivity contribution < 1.29 is 19.4 Å². The maximum Gasteiger partial charge on any atom is 0.309 e. The standard InChI is InChI=1S/C13H16BrFO3/c1-2-3-4-9(13(17)18)12(16)10-7-8(14)5-6-11(10)15/h5-7,9,12,16H,2-4H2,1H3,(H,17,18). The molecule has 0 amide bonds. The number of aliphatic hydroxyl groups is 1. The second-order valence-electron chi connectivity index (χ2n) is 4.20. The first kappa shape index (κ1) is 15.1. The lowest BCUT2D eigenvalue weighted by Crippen LogP contribution is -2.22. The molecule has 2 N–H and O–H groups in total. The minimum absolute atomic E-state index is 0.0212. The lowest BCUT2D eigenvalue weighted by atomic mass is 9.91. The molecule has 0 saturated carbocycles. The van der Waals surface area contributed by atoms with Crippen molar-refractivity contribution in [1.29, 1.82) is 0 Å². The Bertz CT molecular complexity index is 423. The molecule has 1 rings (SSSR count). The molecule has 18 heavy (non-hydrogen) atoms. The number of carbonyl (C=O) groups is 1. The number of hydrogen-bond acceptors (Lipinski definition) is 2. The first-order valence-corrected chi connectivity index (χ1v) is 6.62. The topological polar surface area (TPSA) is 57.5 Å². The summed E-state index contributed by atoms with van der Waals surface area (Å²) in [5.41, 5.74) is 0.0212. The molecule has 0 radical (unpaired) electrons. The van der Waals surface area contributed by atoms with Gasteiger partial charge in [0.2, 0.25) is 0 Å². The lowest BCUT2D eigenvalue weighted by Gasteiger charge is -2.20. The third-order valence-electron chi connectivity index (χ3n) is 2.84. The number of benzene rings is 1. The molecule has 1 aromatic rings.